The molecule has 1 N–H and O–H groups in total. The number of hydrogen-bond acceptors (Lipinski definition) is 3. The summed E-state index contributed by atoms with van der Waals surface area (Å²) >= 11 is 0.392. The van der Waals surface area contributed by atoms with Gasteiger partial charge in [-0.05, 0) is 25.7 Å². The molecule has 1 aliphatic rings. The Morgan fingerprint density at radius 3 is 2.26 bits per heavy atom. The van der Waals surface area contributed by atoms with E-state index in [1.54, 1.807) is 5.19 Å². The summed E-state index contributed by atoms with van der Waals surface area (Å²) in [6, 6.07) is 25.8. The van der Waals surface area contributed by atoms with Crippen LogP contribution < -0.4 is 10.4 Å². The molecule has 0 unspecified atom stereocenters. The van der Waals surface area contributed by atoms with Crippen molar-refractivity contribution in [2.75, 3.05) is 0 Å². The Hall–Kier alpha value is -2.33. The molecule has 0 amide bonds. The largest absolute Gasteiger partial charge is 0 e. The van der Waals surface area contributed by atoms with E-state index in [1.165, 1.54) is 41.5 Å². The number of para-hydroxylation sites is 1. The molecule has 3 nitrogen and oxygen atoms in total. The van der Waals surface area contributed by atoms with Crippen molar-refractivity contribution in [3.8, 4) is 11.3 Å². The van der Waals surface area contributed by atoms with E-state index in [4.69, 9.17) is 4.98 Å². The fraction of sp³-hybridized carbons (Fsp3) is 0.333. The van der Waals surface area contributed by atoms with Gasteiger partial charge in [-0.1, -0.05) is 27.7 Å². The van der Waals surface area contributed by atoms with Gasteiger partial charge in [0.25, 0.3) is 0 Å². The van der Waals surface area contributed by atoms with Crippen LogP contribution in [-0.2, 0) is 24.9 Å². The molecule has 3 heterocycles. The third-order valence-corrected chi connectivity index (χ3v) is 14.7. The number of allylic oxidation sites excluding steroid dienone is 2. The maximum absolute atomic E-state index is 11.7. The normalized spacial score (nSPS) is 13.7. The van der Waals surface area contributed by atoms with Gasteiger partial charge in [-0.3, -0.25) is 4.79 Å². The minimum absolute atomic E-state index is 0. The number of carbonyl (C=O) groups is 1. The second kappa shape index (κ2) is 13.5. The van der Waals surface area contributed by atoms with Crippen LogP contribution in [0.4, 0.5) is 0 Å². The number of nitrogens with zero attached hydrogens (tertiary/aromatic N) is 1. The van der Waals surface area contributed by atoms with Gasteiger partial charge < -0.3 is 5.11 Å². The summed E-state index contributed by atoms with van der Waals surface area (Å²) in [7, 11) is -1.87. The van der Waals surface area contributed by atoms with Crippen molar-refractivity contribution in [3.63, 3.8) is 0 Å². The second-order valence-corrected chi connectivity index (χ2v) is 18.2. The zero-order valence-corrected chi connectivity index (χ0v) is 30.5. The van der Waals surface area contributed by atoms with Crippen molar-refractivity contribution in [1.82, 2.24) is 4.98 Å². The van der Waals surface area contributed by atoms with Crippen molar-refractivity contribution in [3.05, 3.63) is 78.6 Å². The fourth-order valence-corrected chi connectivity index (χ4v) is 11.8. The Morgan fingerprint density at radius 1 is 0.905 bits per heavy atom. The SMILES string of the molecule is CCC(CC)C(=O)/C=C(\O)C(CC)CC.C[Si]1(C)c2cc3ccccc3nc2-c2[c-]ccc3[se]c4cccc1c4c23.[Ir]. The van der Waals surface area contributed by atoms with Crippen LogP contribution in [0, 0.1) is 17.9 Å². The van der Waals surface area contributed by atoms with Crippen molar-refractivity contribution in [2.24, 2.45) is 11.8 Å². The van der Waals surface area contributed by atoms with Gasteiger partial charge in [0, 0.05) is 38.0 Å². The van der Waals surface area contributed by atoms with Gasteiger partial charge in [0.15, 0.2) is 5.78 Å². The Bertz CT molecular complexity index is 1770. The first-order chi connectivity index (χ1) is 19.7. The quantitative estimate of drug-likeness (QED) is 0.0783. The van der Waals surface area contributed by atoms with E-state index >= 15 is 0 Å². The predicted molar refractivity (Wildman–Crippen MR) is 179 cm³/mol. The summed E-state index contributed by atoms with van der Waals surface area (Å²) in [6.45, 7) is 13.0. The molecule has 6 heteroatoms. The minimum Gasteiger partial charge on any atom is 0 e. The molecular weight excluding hydrogens is 778 g/mol. The van der Waals surface area contributed by atoms with Crippen molar-refractivity contribution in [2.45, 2.75) is 66.5 Å². The number of ketones is 1. The molecule has 6 rings (SSSR count). The van der Waals surface area contributed by atoms with Gasteiger partial charge in [-0.15, -0.1) is 0 Å². The number of hydrogen-bond donors (Lipinski definition) is 1. The van der Waals surface area contributed by atoms with E-state index in [-0.39, 0.29) is 43.5 Å². The molecule has 0 aliphatic carbocycles. The number of carbonyl (C=O) groups excluding carboxylic acids is 1. The zero-order valence-electron chi connectivity index (χ0n) is 25.4. The van der Waals surface area contributed by atoms with E-state index in [0.29, 0.717) is 14.5 Å². The average Bonchev–Trinajstić information content (AvgIpc) is 3.33. The second-order valence-electron chi connectivity index (χ2n) is 11.6. The Balaban J connectivity index is 0.000000221. The molecule has 0 fully saturated rings. The van der Waals surface area contributed by atoms with Crippen molar-refractivity contribution < 1.29 is 30.0 Å². The molecule has 3 aromatic carbocycles. The van der Waals surface area contributed by atoms with Gasteiger partial charge in [0.2, 0.25) is 0 Å². The average molecular weight is 818 g/mol. The van der Waals surface area contributed by atoms with Gasteiger partial charge in [-0.2, -0.15) is 0 Å². The van der Waals surface area contributed by atoms with E-state index in [2.05, 4.69) is 79.8 Å². The topological polar surface area (TPSA) is 50.2 Å². The molecule has 2 aromatic heterocycles. The van der Waals surface area contributed by atoms with E-state index in [1.807, 2.05) is 27.7 Å². The smallest absolute Gasteiger partial charge is 0 e. The zero-order chi connectivity index (χ0) is 29.3. The molecular formula is C36H40IrNO2SeSi-. The maximum atomic E-state index is 11.7. The third-order valence-electron chi connectivity index (χ3n) is 8.84. The van der Waals surface area contributed by atoms with E-state index in [9.17, 15) is 9.90 Å². The van der Waals surface area contributed by atoms with Gasteiger partial charge >= 0.3 is 159 Å². The summed E-state index contributed by atoms with van der Waals surface area (Å²) in [5.74, 6) is 0.547. The van der Waals surface area contributed by atoms with Gasteiger partial charge in [0.05, 0.1) is 5.76 Å². The molecule has 0 spiro atoms. The van der Waals surface area contributed by atoms with Crippen LogP contribution in [-0.4, -0.2) is 38.5 Å². The van der Waals surface area contributed by atoms with Crippen LogP contribution in [0.15, 0.2) is 72.5 Å². The molecule has 0 atom stereocenters. The number of pyridine rings is 1. The van der Waals surface area contributed by atoms with Crippen LogP contribution in [0.1, 0.15) is 53.4 Å². The number of aliphatic hydroxyl groups is 1. The van der Waals surface area contributed by atoms with Crippen molar-refractivity contribution in [1.29, 1.82) is 0 Å². The standard InChI is InChI=1S/C23H16NSeSi.C13H24O2.Ir/c1-26(2)19-12-6-11-18-22(19)21-15(8-5-10-17(21)25-18)23-20(26)13-14-7-3-4-9-16(14)24-23;1-5-10(6-2)12(14)9-13(15)11(7-3)8-4;/h3-7,9-13H,1-2H3;9-11,14H,5-8H2,1-4H3;/q-1;;/b;12-9-;. The first kappa shape index (κ1) is 32.6. The molecule has 1 aliphatic heterocycles. The first-order valence-corrected chi connectivity index (χ1v) is 19.7. The molecule has 1 radical (unpaired) electrons. The van der Waals surface area contributed by atoms with Crippen LogP contribution in [0.2, 0.25) is 13.1 Å². The van der Waals surface area contributed by atoms with Crippen LogP contribution in [0.3, 0.4) is 0 Å². The summed E-state index contributed by atoms with van der Waals surface area (Å²) in [5, 5.41) is 16.9. The molecule has 221 valence electrons. The molecule has 5 aromatic rings. The summed E-state index contributed by atoms with van der Waals surface area (Å²) in [6.07, 6.45) is 4.91. The number of benzene rings is 3. The number of aromatic nitrogens is 1. The van der Waals surface area contributed by atoms with Crippen LogP contribution in [0.25, 0.3) is 41.5 Å². The molecule has 0 bridgehead atoms. The summed E-state index contributed by atoms with van der Waals surface area (Å²) < 4.78 is 3.02. The van der Waals surface area contributed by atoms with E-state index in [0.717, 1.165) is 36.9 Å². The Morgan fingerprint density at radius 2 is 1.57 bits per heavy atom. The van der Waals surface area contributed by atoms with Crippen LogP contribution >= 0.6 is 0 Å². The number of rotatable bonds is 7. The minimum atomic E-state index is -1.87. The molecule has 0 saturated carbocycles. The van der Waals surface area contributed by atoms with E-state index < -0.39 is 8.07 Å². The Kier molecular flexibility index (Phi) is 10.5. The molecule has 42 heavy (non-hydrogen) atoms. The maximum Gasteiger partial charge on any atom is 0 e. The number of aliphatic hydroxyl groups excluding tert-OH is 1. The first-order valence-electron chi connectivity index (χ1n) is 15.0. The van der Waals surface area contributed by atoms with Gasteiger partial charge in [-0.25, -0.2) is 0 Å². The number of fused-ring (bicyclic) bond motifs is 3. The van der Waals surface area contributed by atoms with Crippen molar-refractivity contribution >= 4 is 68.9 Å². The third kappa shape index (κ3) is 5.90. The predicted octanol–water partition coefficient (Wildman–Crippen LogP) is 8.07. The monoisotopic (exact) mass is 819 g/mol. The summed E-state index contributed by atoms with van der Waals surface area (Å²) in [4.78, 5) is 16.9. The molecule has 0 saturated heterocycles. The van der Waals surface area contributed by atoms with Crippen LogP contribution in [0.5, 0.6) is 0 Å². The van der Waals surface area contributed by atoms with Gasteiger partial charge in [0.1, 0.15) is 0 Å². The Labute approximate surface area is 270 Å². The fourth-order valence-electron chi connectivity index (χ4n) is 6.22. The summed E-state index contributed by atoms with van der Waals surface area (Å²) in [5.41, 5.74) is 3.46.